The third-order valence-electron chi connectivity index (χ3n) is 5.96. The largest absolute Gasteiger partial charge is 0.382 e. The maximum atomic E-state index is 12.9. The minimum Gasteiger partial charge on any atom is -0.382 e. The molecule has 0 bridgehead atoms. The second-order valence-electron chi connectivity index (χ2n) is 8.58. The van der Waals surface area contributed by atoms with Gasteiger partial charge in [0.2, 0.25) is 0 Å². The Labute approximate surface area is 198 Å². The van der Waals surface area contributed by atoms with Gasteiger partial charge in [-0.1, -0.05) is 11.6 Å². The molecule has 4 heterocycles. The molecule has 1 atom stereocenters. The molecule has 174 valence electrons. The van der Waals surface area contributed by atoms with Crippen molar-refractivity contribution in [2.24, 2.45) is 5.92 Å². The first kappa shape index (κ1) is 23.4. The first-order chi connectivity index (χ1) is 15.5. The number of piperidine rings is 1. The fourth-order valence-corrected chi connectivity index (χ4v) is 5.19. The molecule has 0 saturated carbocycles. The first-order valence-corrected chi connectivity index (χ1v) is 12.3. The van der Waals surface area contributed by atoms with Crippen LogP contribution in [-0.4, -0.2) is 66.0 Å². The highest BCUT2D eigenvalue weighted by atomic mass is 35.5. The van der Waals surface area contributed by atoms with Crippen LogP contribution in [0.4, 0.5) is 11.5 Å². The van der Waals surface area contributed by atoms with E-state index in [1.165, 1.54) is 0 Å². The van der Waals surface area contributed by atoms with Gasteiger partial charge in [-0.15, -0.1) is 0 Å². The van der Waals surface area contributed by atoms with E-state index in [4.69, 9.17) is 16.3 Å². The van der Waals surface area contributed by atoms with Crippen LogP contribution >= 0.6 is 23.5 Å². The molecule has 2 aromatic heterocycles. The number of anilines is 2. The SMILES string of the molecule is CN(C)c1ccc(SN2CCC(n3ncc(NCC4CCCOC4)c(Cl)c3=O)CC2)cn1. The van der Waals surface area contributed by atoms with Crippen molar-refractivity contribution in [2.75, 3.05) is 57.2 Å². The highest BCUT2D eigenvalue weighted by molar-refractivity contribution is 7.97. The topological polar surface area (TPSA) is 75.5 Å². The average Bonchev–Trinajstić information content (AvgIpc) is 2.82. The Balaban J connectivity index is 1.31. The number of hydrogen-bond donors (Lipinski definition) is 1. The number of ether oxygens (including phenoxy) is 1. The van der Waals surface area contributed by atoms with Gasteiger partial charge in [0.15, 0.2) is 0 Å². The Morgan fingerprint density at radius 1 is 1.25 bits per heavy atom. The van der Waals surface area contributed by atoms with Gasteiger partial charge in [0.05, 0.1) is 24.5 Å². The molecular formula is C22H31ClN6O2S. The molecule has 2 aliphatic heterocycles. The van der Waals surface area contributed by atoms with E-state index >= 15 is 0 Å². The molecule has 4 rings (SSSR count). The molecule has 1 unspecified atom stereocenters. The highest BCUT2D eigenvalue weighted by Gasteiger charge is 2.24. The van der Waals surface area contributed by atoms with E-state index in [0.29, 0.717) is 11.6 Å². The molecule has 2 saturated heterocycles. The summed E-state index contributed by atoms with van der Waals surface area (Å²) in [7, 11) is 3.97. The van der Waals surface area contributed by atoms with E-state index in [1.54, 1.807) is 22.8 Å². The summed E-state index contributed by atoms with van der Waals surface area (Å²) in [6, 6.07) is 4.18. The third kappa shape index (κ3) is 5.75. The van der Waals surface area contributed by atoms with Crippen LogP contribution in [0.1, 0.15) is 31.7 Å². The zero-order chi connectivity index (χ0) is 22.5. The molecule has 0 amide bonds. The zero-order valence-electron chi connectivity index (χ0n) is 18.7. The van der Waals surface area contributed by atoms with Crippen molar-refractivity contribution in [2.45, 2.75) is 36.6 Å². The molecule has 0 aromatic carbocycles. The molecule has 0 radical (unpaired) electrons. The number of rotatable bonds is 7. The second-order valence-corrected chi connectivity index (χ2v) is 10.1. The van der Waals surface area contributed by atoms with E-state index < -0.39 is 0 Å². The van der Waals surface area contributed by atoms with Crippen LogP contribution in [0, 0.1) is 5.92 Å². The number of hydrogen-bond acceptors (Lipinski definition) is 8. The van der Waals surface area contributed by atoms with Gasteiger partial charge >= 0.3 is 0 Å². The van der Waals surface area contributed by atoms with Crippen molar-refractivity contribution in [3.63, 3.8) is 0 Å². The smallest absolute Gasteiger partial charge is 0.287 e. The predicted molar refractivity (Wildman–Crippen MR) is 130 cm³/mol. The van der Waals surface area contributed by atoms with Crippen molar-refractivity contribution in [3.05, 3.63) is 39.9 Å². The fraction of sp³-hybridized carbons (Fsp3) is 0.591. The van der Waals surface area contributed by atoms with Gasteiger partial charge in [0.1, 0.15) is 10.8 Å². The van der Waals surface area contributed by atoms with Crippen molar-refractivity contribution < 1.29 is 4.74 Å². The monoisotopic (exact) mass is 478 g/mol. The minimum absolute atomic E-state index is 0.0619. The van der Waals surface area contributed by atoms with Gasteiger partial charge in [0, 0.05) is 51.4 Å². The molecule has 10 heteroatoms. The highest BCUT2D eigenvalue weighted by Crippen LogP contribution is 2.30. The van der Waals surface area contributed by atoms with Gasteiger partial charge in [-0.3, -0.25) is 4.79 Å². The van der Waals surface area contributed by atoms with Crippen LogP contribution in [0.2, 0.25) is 5.02 Å². The Kier molecular flexibility index (Phi) is 7.93. The Bertz CT molecular complexity index is 940. The van der Waals surface area contributed by atoms with Crippen LogP contribution in [0.3, 0.4) is 0 Å². The maximum absolute atomic E-state index is 12.9. The second kappa shape index (κ2) is 10.9. The number of pyridine rings is 1. The number of halogens is 1. The van der Waals surface area contributed by atoms with Crippen LogP contribution < -0.4 is 15.8 Å². The number of nitrogens with zero attached hydrogens (tertiary/aromatic N) is 5. The summed E-state index contributed by atoms with van der Waals surface area (Å²) in [5.74, 6) is 1.39. The quantitative estimate of drug-likeness (QED) is 0.605. The van der Waals surface area contributed by atoms with E-state index in [-0.39, 0.29) is 16.6 Å². The summed E-state index contributed by atoms with van der Waals surface area (Å²) < 4.78 is 9.40. The molecule has 2 aliphatic rings. The number of aromatic nitrogens is 3. The van der Waals surface area contributed by atoms with Crippen LogP contribution in [0.15, 0.2) is 34.2 Å². The summed E-state index contributed by atoms with van der Waals surface area (Å²) in [5.41, 5.74) is 0.395. The Morgan fingerprint density at radius 2 is 2.06 bits per heavy atom. The fourth-order valence-electron chi connectivity index (χ4n) is 4.07. The lowest BCUT2D eigenvalue weighted by Gasteiger charge is -2.31. The van der Waals surface area contributed by atoms with E-state index in [0.717, 1.165) is 69.2 Å². The summed E-state index contributed by atoms with van der Waals surface area (Å²) in [6.45, 7) is 4.08. The molecular weight excluding hydrogens is 448 g/mol. The summed E-state index contributed by atoms with van der Waals surface area (Å²) >= 11 is 8.12. The molecule has 32 heavy (non-hydrogen) atoms. The average molecular weight is 479 g/mol. The lowest BCUT2D eigenvalue weighted by molar-refractivity contribution is 0.0595. The third-order valence-corrected chi connectivity index (χ3v) is 7.40. The molecule has 2 fully saturated rings. The van der Waals surface area contributed by atoms with Crippen molar-refractivity contribution in [3.8, 4) is 0 Å². The Morgan fingerprint density at radius 3 is 2.72 bits per heavy atom. The molecule has 0 spiro atoms. The van der Waals surface area contributed by atoms with Gasteiger partial charge in [-0.2, -0.15) is 5.10 Å². The molecule has 2 aromatic rings. The van der Waals surface area contributed by atoms with Gasteiger partial charge in [-0.25, -0.2) is 14.0 Å². The van der Waals surface area contributed by atoms with Crippen LogP contribution in [0.25, 0.3) is 0 Å². The lowest BCUT2D eigenvalue weighted by Crippen LogP contribution is -2.36. The summed E-state index contributed by atoms with van der Waals surface area (Å²) in [5, 5.41) is 7.96. The van der Waals surface area contributed by atoms with Crippen molar-refractivity contribution >= 4 is 35.1 Å². The van der Waals surface area contributed by atoms with Gasteiger partial charge < -0.3 is 15.0 Å². The van der Waals surface area contributed by atoms with Gasteiger partial charge in [0.25, 0.3) is 5.56 Å². The first-order valence-electron chi connectivity index (χ1n) is 11.2. The van der Waals surface area contributed by atoms with Crippen molar-refractivity contribution in [1.29, 1.82) is 0 Å². The van der Waals surface area contributed by atoms with Crippen molar-refractivity contribution in [1.82, 2.24) is 19.1 Å². The summed E-state index contributed by atoms with van der Waals surface area (Å²) in [4.78, 5) is 20.5. The number of nitrogens with one attached hydrogen (secondary N) is 1. The lowest BCUT2D eigenvalue weighted by atomic mass is 10.0. The minimum atomic E-state index is -0.217. The van der Waals surface area contributed by atoms with Gasteiger partial charge in [-0.05, 0) is 55.7 Å². The molecule has 0 aliphatic carbocycles. The van der Waals surface area contributed by atoms with Crippen LogP contribution in [-0.2, 0) is 4.74 Å². The van der Waals surface area contributed by atoms with E-state index in [9.17, 15) is 4.79 Å². The van der Waals surface area contributed by atoms with Crippen LogP contribution in [0.5, 0.6) is 0 Å². The van der Waals surface area contributed by atoms with E-state index in [2.05, 4.69) is 25.8 Å². The summed E-state index contributed by atoms with van der Waals surface area (Å²) in [6.07, 6.45) is 7.50. The maximum Gasteiger partial charge on any atom is 0.287 e. The molecule has 1 N–H and O–H groups in total. The zero-order valence-corrected chi connectivity index (χ0v) is 20.2. The standard InChI is InChI=1S/C22H31ClN6O2S/c1-27(2)20-6-5-18(13-25-20)32-28-9-7-17(8-10-28)29-22(30)21(23)19(14-26-29)24-12-16-4-3-11-31-15-16/h5-6,13-14,16-17,24H,3-4,7-12,15H2,1-2H3. The molecule has 8 nitrogen and oxygen atoms in total. The predicted octanol–water partition coefficient (Wildman–Crippen LogP) is 3.54. The normalized spacial score (nSPS) is 20.3. The Hall–Kier alpha value is -1.81. The van der Waals surface area contributed by atoms with E-state index in [1.807, 2.05) is 31.3 Å².